The van der Waals surface area contributed by atoms with E-state index < -0.39 is 23.1 Å². The third-order valence-corrected chi connectivity index (χ3v) is 7.04. The second-order valence-corrected chi connectivity index (χ2v) is 9.70. The predicted octanol–water partition coefficient (Wildman–Crippen LogP) is 6.29. The Morgan fingerprint density at radius 1 is 0.750 bits per heavy atom. The number of nitrogens with one attached hydrogen (secondary N) is 2. The minimum atomic E-state index is -1.18. The van der Waals surface area contributed by atoms with E-state index in [1.54, 1.807) is 67.6 Å². The lowest BCUT2D eigenvalue weighted by Gasteiger charge is -2.17. The molecule has 9 heteroatoms. The third kappa shape index (κ3) is 7.15. The minimum absolute atomic E-state index is 0.0598. The monoisotopic (exact) mass is 554 g/mol. The molecule has 0 aromatic heterocycles. The summed E-state index contributed by atoms with van der Waals surface area (Å²) in [6.07, 6.45) is 0. The van der Waals surface area contributed by atoms with Crippen molar-refractivity contribution in [2.75, 3.05) is 17.2 Å². The number of carbonyl (C=O) groups excluding carboxylic acids is 3. The van der Waals surface area contributed by atoms with Gasteiger partial charge in [-0.15, -0.1) is 11.8 Å². The molecule has 40 heavy (non-hydrogen) atoms. The van der Waals surface area contributed by atoms with E-state index in [9.17, 15) is 24.3 Å². The molecule has 8 nitrogen and oxygen atoms in total. The molecule has 4 aromatic carbocycles. The second-order valence-electron chi connectivity index (χ2n) is 8.52. The van der Waals surface area contributed by atoms with Crippen molar-refractivity contribution in [3.63, 3.8) is 0 Å². The third-order valence-electron chi connectivity index (χ3n) is 5.77. The van der Waals surface area contributed by atoms with Gasteiger partial charge in [0.25, 0.3) is 5.91 Å². The molecule has 4 aromatic rings. The van der Waals surface area contributed by atoms with Crippen LogP contribution in [-0.2, 0) is 9.53 Å². The van der Waals surface area contributed by atoms with Crippen LogP contribution in [0.3, 0.4) is 0 Å². The van der Waals surface area contributed by atoms with E-state index in [0.717, 1.165) is 10.5 Å². The molecule has 0 fully saturated rings. The van der Waals surface area contributed by atoms with Gasteiger partial charge in [-0.2, -0.15) is 0 Å². The van der Waals surface area contributed by atoms with Crippen molar-refractivity contribution in [3.8, 4) is 0 Å². The van der Waals surface area contributed by atoms with E-state index in [1.165, 1.54) is 23.9 Å². The van der Waals surface area contributed by atoms with E-state index in [0.29, 0.717) is 16.9 Å². The SMILES string of the molecule is CCOC(=O)c1ccc(NC(=O)C(Sc2ccc(NC(=O)c3ccccc3C(=O)O)cc2)c2ccccc2)cc1. The molecule has 202 valence electrons. The number of anilines is 2. The lowest BCUT2D eigenvalue weighted by Crippen LogP contribution is -2.19. The van der Waals surface area contributed by atoms with E-state index in [1.807, 2.05) is 30.3 Å². The molecule has 0 aliphatic rings. The van der Waals surface area contributed by atoms with E-state index in [2.05, 4.69) is 10.6 Å². The number of rotatable bonds is 10. The highest BCUT2D eigenvalue weighted by molar-refractivity contribution is 8.00. The van der Waals surface area contributed by atoms with Crippen molar-refractivity contribution < 1.29 is 29.0 Å². The Bertz CT molecular complexity index is 1510. The Hall–Kier alpha value is -4.89. The van der Waals surface area contributed by atoms with Crippen molar-refractivity contribution in [1.82, 2.24) is 0 Å². The average Bonchev–Trinajstić information content (AvgIpc) is 2.97. The molecule has 0 radical (unpaired) electrons. The first-order chi connectivity index (χ1) is 19.4. The van der Waals surface area contributed by atoms with Crippen LogP contribution < -0.4 is 10.6 Å². The van der Waals surface area contributed by atoms with Gasteiger partial charge in [0.15, 0.2) is 0 Å². The molecule has 0 saturated carbocycles. The summed E-state index contributed by atoms with van der Waals surface area (Å²) in [7, 11) is 0. The molecule has 2 amide bonds. The van der Waals surface area contributed by atoms with Crippen molar-refractivity contribution in [1.29, 1.82) is 0 Å². The summed E-state index contributed by atoms with van der Waals surface area (Å²) in [4.78, 5) is 50.2. The molecule has 0 bridgehead atoms. The van der Waals surface area contributed by atoms with Gasteiger partial charge in [-0.1, -0.05) is 42.5 Å². The number of ether oxygens (including phenoxy) is 1. The van der Waals surface area contributed by atoms with Gasteiger partial charge in [0, 0.05) is 16.3 Å². The maximum atomic E-state index is 13.4. The zero-order valence-electron chi connectivity index (χ0n) is 21.5. The number of thioether (sulfide) groups is 1. The first kappa shape index (κ1) is 28.1. The molecular formula is C31H26N2O6S. The van der Waals surface area contributed by atoms with Gasteiger partial charge in [0.1, 0.15) is 5.25 Å². The number of hydrogen-bond acceptors (Lipinski definition) is 6. The van der Waals surface area contributed by atoms with Crippen molar-refractivity contribution >= 4 is 46.9 Å². The highest BCUT2D eigenvalue weighted by Gasteiger charge is 2.23. The highest BCUT2D eigenvalue weighted by Crippen LogP contribution is 2.36. The fraction of sp³-hybridized carbons (Fsp3) is 0.0968. The predicted molar refractivity (Wildman–Crippen MR) is 154 cm³/mol. The van der Waals surface area contributed by atoms with Crippen LogP contribution in [-0.4, -0.2) is 35.5 Å². The van der Waals surface area contributed by atoms with Crippen LogP contribution in [0.4, 0.5) is 11.4 Å². The van der Waals surface area contributed by atoms with Crippen LogP contribution >= 0.6 is 11.8 Å². The molecule has 4 rings (SSSR count). The molecule has 3 N–H and O–H groups in total. The second kappa shape index (κ2) is 13.3. The number of esters is 1. The summed E-state index contributed by atoms with van der Waals surface area (Å²) in [5.41, 5.74) is 2.20. The fourth-order valence-electron chi connectivity index (χ4n) is 3.83. The van der Waals surface area contributed by atoms with Gasteiger partial charge in [0.05, 0.1) is 23.3 Å². The summed E-state index contributed by atoms with van der Waals surface area (Å²) < 4.78 is 5.00. The summed E-state index contributed by atoms with van der Waals surface area (Å²) in [6.45, 7) is 2.01. The zero-order chi connectivity index (χ0) is 28.5. The number of amides is 2. The number of aromatic carboxylic acids is 1. The Labute approximate surface area is 235 Å². The number of benzene rings is 4. The molecule has 1 unspecified atom stereocenters. The summed E-state index contributed by atoms with van der Waals surface area (Å²) in [5, 5.41) is 14.4. The average molecular weight is 555 g/mol. The smallest absolute Gasteiger partial charge is 0.338 e. The van der Waals surface area contributed by atoms with Gasteiger partial charge < -0.3 is 20.5 Å². The van der Waals surface area contributed by atoms with Crippen LogP contribution in [0.2, 0.25) is 0 Å². The number of hydrogen-bond donors (Lipinski definition) is 3. The first-order valence-electron chi connectivity index (χ1n) is 12.4. The van der Waals surface area contributed by atoms with Crippen LogP contribution in [0, 0.1) is 0 Å². The van der Waals surface area contributed by atoms with Gasteiger partial charge in [-0.25, -0.2) is 9.59 Å². The summed E-state index contributed by atoms with van der Waals surface area (Å²) in [6, 6.07) is 28.8. The Morgan fingerprint density at radius 3 is 1.95 bits per heavy atom. The van der Waals surface area contributed by atoms with E-state index in [4.69, 9.17) is 4.74 Å². The standard InChI is InChI=1S/C31H26N2O6S/c1-2-39-31(38)21-12-14-22(15-13-21)33-29(35)27(20-8-4-3-5-9-20)40-24-18-16-23(17-19-24)32-28(34)25-10-6-7-11-26(25)30(36)37/h3-19,27H,2H2,1H3,(H,32,34)(H,33,35)(H,36,37). The molecule has 0 aliphatic carbocycles. The molecule has 0 spiro atoms. The van der Waals surface area contributed by atoms with Crippen LogP contribution in [0.25, 0.3) is 0 Å². The Balaban J connectivity index is 1.47. The largest absolute Gasteiger partial charge is 0.478 e. The number of carbonyl (C=O) groups is 4. The van der Waals surface area contributed by atoms with Crippen molar-refractivity contribution in [2.24, 2.45) is 0 Å². The Morgan fingerprint density at radius 2 is 1.32 bits per heavy atom. The minimum Gasteiger partial charge on any atom is -0.478 e. The van der Waals surface area contributed by atoms with Crippen molar-refractivity contribution in [3.05, 3.63) is 125 Å². The highest BCUT2D eigenvalue weighted by atomic mass is 32.2. The maximum Gasteiger partial charge on any atom is 0.338 e. The van der Waals surface area contributed by atoms with Gasteiger partial charge in [-0.3, -0.25) is 9.59 Å². The topological polar surface area (TPSA) is 122 Å². The molecular weight excluding hydrogens is 528 g/mol. The zero-order valence-corrected chi connectivity index (χ0v) is 22.3. The quantitative estimate of drug-likeness (QED) is 0.156. The molecule has 0 saturated heterocycles. The van der Waals surface area contributed by atoms with E-state index >= 15 is 0 Å². The lowest BCUT2D eigenvalue weighted by atomic mass is 10.1. The molecule has 0 heterocycles. The number of carboxylic acids is 1. The van der Waals surface area contributed by atoms with Crippen LogP contribution in [0.5, 0.6) is 0 Å². The van der Waals surface area contributed by atoms with Gasteiger partial charge in [-0.05, 0) is 73.2 Å². The number of carboxylic acid groups (broad SMARTS) is 1. The van der Waals surface area contributed by atoms with Crippen molar-refractivity contribution in [2.45, 2.75) is 17.1 Å². The van der Waals surface area contributed by atoms with Gasteiger partial charge in [0.2, 0.25) is 5.91 Å². The molecule has 0 aliphatic heterocycles. The maximum absolute atomic E-state index is 13.4. The first-order valence-corrected chi connectivity index (χ1v) is 13.3. The normalized spacial score (nSPS) is 11.2. The van der Waals surface area contributed by atoms with Gasteiger partial charge >= 0.3 is 11.9 Å². The summed E-state index contributed by atoms with van der Waals surface area (Å²) in [5.74, 6) is -2.39. The summed E-state index contributed by atoms with van der Waals surface area (Å²) >= 11 is 1.34. The van der Waals surface area contributed by atoms with E-state index in [-0.39, 0.29) is 23.6 Å². The Kier molecular flexibility index (Phi) is 9.32. The van der Waals surface area contributed by atoms with Crippen LogP contribution in [0.15, 0.2) is 108 Å². The van der Waals surface area contributed by atoms with Crippen LogP contribution in [0.1, 0.15) is 48.8 Å². The fourth-order valence-corrected chi connectivity index (χ4v) is 4.86. The lowest BCUT2D eigenvalue weighted by molar-refractivity contribution is -0.115. The molecule has 1 atom stereocenters.